The first-order chi connectivity index (χ1) is 9.00. The number of aliphatic carboxylic acids is 1. The SMILES string of the molecule is CC(C)C(CNC(=O)CCc1ccccc1)C(=O)O. The quantitative estimate of drug-likeness (QED) is 0.791. The fraction of sp³-hybridized carbons (Fsp3) is 0.467. The van der Waals surface area contributed by atoms with Crippen LogP contribution in [-0.4, -0.2) is 23.5 Å². The van der Waals surface area contributed by atoms with Crippen molar-refractivity contribution in [2.75, 3.05) is 6.54 Å². The molecular weight excluding hydrogens is 242 g/mol. The number of aryl methyl sites for hydroxylation is 1. The second-order valence-corrected chi connectivity index (χ2v) is 4.98. The minimum Gasteiger partial charge on any atom is -0.481 e. The maximum Gasteiger partial charge on any atom is 0.308 e. The van der Waals surface area contributed by atoms with E-state index in [1.165, 1.54) is 0 Å². The smallest absolute Gasteiger partial charge is 0.308 e. The number of benzene rings is 1. The topological polar surface area (TPSA) is 66.4 Å². The highest BCUT2D eigenvalue weighted by atomic mass is 16.4. The van der Waals surface area contributed by atoms with E-state index in [1.807, 2.05) is 44.2 Å². The van der Waals surface area contributed by atoms with E-state index in [4.69, 9.17) is 5.11 Å². The monoisotopic (exact) mass is 263 g/mol. The summed E-state index contributed by atoms with van der Waals surface area (Å²) < 4.78 is 0. The van der Waals surface area contributed by atoms with Gasteiger partial charge in [0.1, 0.15) is 0 Å². The highest BCUT2D eigenvalue weighted by molar-refractivity contribution is 5.77. The lowest BCUT2D eigenvalue weighted by Crippen LogP contribution is -2.35. The summed E-state index contributed by atoms with van der Waals surface area (Å²) in [7, 11) is 0. The van der Waals surface area contributed by atoms with Gasteiger partial charge in [-0.3, -0.25) is 9.59 Å². The van der Waals surface area contributed by atoms with Crippen LogP contribution in [-0.2, 0) is 16.0 Å². The van der Waals surface area contributed by atoms with Crippen LogP contribution < -0.4 is 5.32 Å². The lowest BCUT2D eigenvalue weighted by atomic mass is 9.96. The molecule has 0 aliphatic rings. The molecule has 0 heterocycles. The van der Waals surface area contributed by atoms with Gasteiger partial charge in [0.25, 0.3) is 0 Å². The minimum atomic E-state index is -0.863. The van der Waals surface area contributed by atoms with Crippen molar-refractivity contribution in [3.63, 3.8) is 0 Å². The molecule has 1 aromatic carbocycles. The van der Waals surface area contributed by atoms with Crippen molar-refractivity contribution in [2.24, 2.45) is 11.8 Å². The van der Waals surface area contributed by atoms with Crippen LogP contribution in [0, 0.1) is 11.8 Å². The lowest BCUT2D eigenvalue weighted by molar-refractivity contribution is -0.143. The molecule has 1 rings (SSSR count). The molecule has 0 aromatic heterocycles. The van der Waals surface area contributed by atoms with Gasteiger partial charge >= 0.3 is 5.97 Å². The van der Waals surface area contributed by atoms with E-state index in [0.717, 1.165) is 5.56 Å². The summed E-state index contributed by atoms with van der Waals surface area (Å²) in [6, 6.07) is 9.76. The molecular formula is C15H21NO3. The predicted octanol–water partition coefficient (Wildman–Crippen LogP) is 2.09. The molecule has 1 unspecified atom stereocenters. The van der Waals surface area contributed by atoms with Crippen molar-refractivity contribution >= 4 is 11.9 Å². The standard InChI is InChI=1S/C15H21NO3/c1-11(2)13(15(18)19)10-16-14(17)9-8-12-6-4-3-5-7-12/h3-7,11,13H,8-10H2,1-2H3,(H,16,17)(H,18,19). The van der Waals surface area contributed by atoms with E-state index in [1.54, 1.807) is 0 Å². The van der Waals surface area contributed by atoms with Crippen LogP contribution in [0.2, 0.25) is 0 Å². The second-order valence-electron chi connectivity index (χ2n) is 4.98. The van der Waals surface area contributed by atoms with Gasteiger partial charge in [-0.1, -0.05) is 44.2 Å². The van der Waals surface area contributed by atoms with E-state index >= 15 is 0 Å². The molecule has 1 aromatic rings. The molecule has 0 radical (unpaired) electrons. The van der Waals surface area contributed by atoms with Crippen molar-refractivity contribution in [2.45, 2.75) is 26.7 Å². The maximum absolute atomic E-state index is 11.7. The second kappa shape index (κ2) is 7.56. The number of carbonyl (C=O) groups is 2. The molecule has 1 amide bonds. The molecule has 19 heavy (non-hydrogen) atoms. The fourth-order valence-electron chi connectivity index (χ4n) is 1.82. The summed E-state index contributed by atoms with van der Waals surface area (Å²) in [5.41, 5.74) is 1.11. The zero-order chi connectivity index (χ0) is 14.3. The Bertz CT molecular complexity index is 415. The Labute approximate surface area is 113 Å². The number of carboxylic acids is 1. The molecule has 0 aliphatic heterocycles. The van der Waals surface area contributed by atoms with Crippen molar-refractivity contribution < 1.29 is 14.7 Å². The van der Waals surface area contributed by atoms with Gasteiger partial charge < -0.3 is 10.4 Å². The van der Waals surface area contributed by atoms with Crippen LogP contribution in [0.3, 0.4) is 0 Å². The molecule has 1 atom stereocenters. The molecule has 104 valence electrons. The first-order valence-electron chi connectivity index (χ1n) is 6.54. The molecule has 0 bridgehead atoms. The highest BCUT2D eigenvalue weighted by Gasteiger charge is 2.21. The number of rotatable bonds is 7. The van der Waals surface area contributed by atoms with Gasteiger partial charge in [-0.05, 0) is 17.9 Å². The van der Waals surface area contributed by atoms with Crippen molar-refractivity contribution in [3.8, 4) is 0 Å². The maximum atomic E-state index is 11.7. The fourth-order valence-corrected chi connectivity index (χ4v) is 1.82. The Morgan fingerprint density at radius 2 is 1.84 bits per heavy atom. The Kier molecular flexibility index (Phi) is 6.06. The number of carbonyl (C=O) groups excluding carboxylic acids is 1. The summed E-state index contributed by atoms with van der Waals surface area (Å²) >= 11 is 0. The molecule has 0 spiro atoms. The number of hydrogen-bond acceptors (Lipinski definition) is 2. The van der Waals surface area contributed by atoms with Crippen LogP contribution in [0.4, 0.5) is 0 Å². The Morgan fingerprint density at radius 3 is 2.37 bits per heavy atom. The third-order valence-electron chi connectivity index (χ3n) is 3.12. The van der Waals surface area contributed by atoms with Gasteiger partial charge in [-0.25, -0.2) is 0 Å². The predicted molar refractivity (Wildman–Crippen MR) is 73.7 cm³/mol. The van der Waals surface area contributed by atoms with Gasteiger partial charge in [-0.2, -0.15) is 0 Å². The average molecular weight is 263 g/mol. The van der Waals surface area contributed by atoms with Crippen LogP contribution in [0.1, 0.15) is 25.8 Å². The van der Waals surface area contributed by atoms with Crippen LogP contribution in [0.25, 0.3) is 0 Å². The average Bonchev–Trinajstić information content (AvgIpc) is 2.37. The minimum absolute atomic E-state index is 0.00641. The third-order valence-corrected chi connectivity index (χ3v) is 3.12. The largest absolute Gasteiger partial charge is 0.481 e. The van der Waals surface area contributed by atoms with E-state index in [9.17, 15) is 9.59 Å². The normalized spacial score (nSPS) is 12.2. The summed E-state index contributed by atoms with van der Waals surface area (Å²) in [4.78, 5) is 22.6. The zero-order valence-electron chi connectivity index (χ0n) is 11.4. The van der Waals surface area contributed by atoms with E-state index < -0.39 is 11.9 Å². The summed E-state index contributed by atoms with van der Waals surface area (Å²) in [5.74, 6) is -1.48. The van der Waals surface area contributed by atoms with Gasteiger partial charge in [0, 0.05) is 13.0 Å². The number of carboxylic acid groups (broad SMARTS) is 1. The van der Waals surface area contributed by atoms with Crippen LogP contribution in [0.5, 0.6) is 0 Å². The van der Waals surface area contributed by atoms with Crippen LogP contribution in [0.15, 0.2) is 30.3 Å². The Hall–Kier alpha value is -1.84. The molecule has 4 heteroatoms. The zero-order valence-corrected chi connectivity index (χ0v) is 11.4. The summed E-state index contributed by atoms with van der Waals surface area (Å²) in [5, 5.41) is 11.7. The third kappa shape index (κ3) is 5.55. The van der Waals surface area contributed by atoms with E-state index in [0.29, 0.717) is 12.8 Å². The van der Waals surface area contributed by atoms with Gasteiger partial charge in [0.2, 0.25) is 5.91 Å². The first-order valence-corrected chi connectivity index (χ1v) is 6.54. The Balaban J connectivity index is 2.33. The summed E-state index contributed by atoms with van der Waals surface area (Å²) in [6.07, 6.45) is 1.06. The molecule has 0 saturated carbocycles. The molecule has 4 nitrogen and oxygen atoms in total. The lowest BCUT2D eigenvalue weighted by Gasteiger charge is -2.16. The van der Waals surface area contributed by atoms with Gasteiger partial charge in [0.05, 0.1) is 5.92 Å². The van der Waals surface area contributed by atoms with Crippen LogP contribution >= 0.6 is 0 Å². The van der Waals surface area contributed by atoms with Gasteiger partial charge in [0.15, 0.2) is 0 Å². The molecule has 0 fully saturated rings. The first kappa shape index (κ1) is 15.2. The van der Waals surface area contributed by atoms with Crippen molar-refractivity contribution in [1.29, 1.82) is 0 Å². The molecule has 2 N–H and O–H groups in total. The van der Waals surface area contributed by atoms with Crippen molar-refractivity contribution in [1.82, 2.24) is 5.32 Å². The summed E-state index contributed by atoms with van der Waals surface area (Å²) in [6.45, 7) is 3.88. The van der Waals surface area contributed by atoms with Gasteiger partial charge in [-0.15, -0.1) is 0 Å². The number of hydrogen-bond donors (Lipinski definition) is 2. The van der Waals surface area contributed by atoms with E-state index in [2.05, 4.69) is 5.32 Å². The molecule has 0 saturated heterocycles. The number of amides is 1. The Morgan fingerprint density at radius 1 is 1.21 bits per heavy atom. The molecule has 0 aliphatic carbocycles. The highest BCUT2D eigenvalue weighted by Crippen LogP contribution is 2.10. The number of nitrogens with one attached hydrogen (secondary N) is 1. The van der Waals surface area contributed by atoms with E-state index in [-0.39, 0.29) is 18.4 Å². The van der Waals surface area contributed by atoms with Crippen molar-refractivity contribution in [3.05, 3.63) is 35.9 Å².